The molecule has 1 amide bonds. The molecule has 0 saturated carbocycles. The fraction of sp³-hybridized carbons (Fsp3) is 0.385. The van der Waals surface area contributed by atoms with Crippen molar-refractivity contribution in [3.63, 3.8) is 0 Å². The summed E-state index contributed by atoms with van der Waals surface area (Å²) >= 11 is 1.71. The number of hydrogen-bond acceptors (Lipinski definition) is 5. The molecule has 1 N–H and O–H groups in total. The zero-order valence-electron chi connectivity index (χ0n) is 19.2. The minimum absolute atomic E-state index is 0.00439. The molecule has 1 atom stereocenters. The number of carbonyl (C=O) groups excluding carboxylic acids is 1. The third-order valence-corrected chi connectivity index (χ3v) is 6.65. The van der Waals surface area contributed by atoms with Gasteiger partial charge < -0.3 is 10.1 Å². The van der Waals surface area contributed by atoms with Crippen LogP contribution in [0.3, 0.4) is 0 Å². The van der Waals surface area contributed by atoms with Gasteiger partial charge in [0, 0.05) is 41.2 Å². The maximum absolute atomic E-state index is 12.2. The number of aromatic nitrogens is 1. The number of nitrogens with one attached hydrogen (secondary N) is 1. The summed E-state index contributed by atoms with van der Waals surface area (Å²) in [7, 11) is 0. The molecule has 1 aliphatic heterocycles. The molecule has 3 aromatic rings. The van der Waals surface area contributed by atoms with E-state index < -0.39 is 5.41 Å². The first-order valence-electron chi connectivity index (χ1n) is 11.1. The Bertz CT molecular complexity index is 1050. The number of benzene rings is 2. The van der Waals surface area contributed by atoms with Gasteiger partial charge in [0.15, 0.2) is 0 Å². The van der Waals surface area contributed by atoms with E-state index in [0.717, 1.165) is 41.6 Å². The number of ether oxygens (including phenoxy) is 1. The molecule has 4 rings (SSSR count). The van der Waals surface area contributed by atoms with Crippen molar-refractivity contribution in [2.24, 2.45) is 5.41 Å². The van der Waals surface area contributed by atoms with Crippen molar-refractivity contribution >= 4 is 22.9 Å². The van der Waals surface area contributed by atoms with E-state index >= 15 is 0 Å². The second-order valence-electron chi connectivity index (χ2n) is 9.32. The van der Waals surface area contributed by atoms with Crippen molar-refractivity contribution in [2.45, 2.75) is 40.3 Å². The third kappa shape index (κ3) is 5.44. The van der Waals surface area contributed by atoms with Crippen LogP contribution in [0.5, 0.6) is 0 Å². The first-order chi connectivity index (χ1) is 15.3. The molecular formula is C26H31N3O2S. The number of rotatable bonds is 5. The summed E-state index contributed by atoms with van der Waals surface area (Å²) in [6.07, 6.45) is -0.00439. The predicted octanol–water partition coefficient (Wildman–Crippen LogP) is 5.68. The van der Waals surface area contributed by atoms with Crippen molar-refractivity contribution in [2.75, 3.05) is 25.0 Å². The zero-order chi connectivity index (χ0) is 22.7. The molecule has 2 aromatic carbocycles. The molecule has 1 saturated heterocycles. The quantitative estimate of drug-likeness (QED) is 0.545. The van der Waals surface area contributed by atoms with Crippen molar-refractivity contribution in [3.8, 4) is 11.3 Å². The van der Waals surface area contributed by atoms with E-state index in [1.165, 1.54) is 10.4 Å². The van der Waals surface area contributed by atoms with Crippen LogP contribution in [0.4, 0.5) is 5.69 Å². The summed E-state index contributed by atoms with van der Waals surface area (Å²) in [6, 6.07) is 18.5. The molecule has 1 aliphatic rings. The Balaban J connectivity index is 1.45. The maximum Gasteiger partial charge on any atom is 0.229 e. The number of morpholine rings is 1. The van der Waals surface area contributed by atoms with E-state index in [-0.39, 0.29) is 12.0 Å². The van der Waals surface area contributed by atoms with Crippen molar-refractivity contribution in [1.29, 1.82) is 0 Å². The fourth-order valence-corrected chi connectivity index (χ4v) is 4.67. The molecule has 0 spiro atoms. The SMILES string of the molecule is Cc1sc(C2CN(Cc3ccccc3)CCO2)nc1-c1ccc(NC(=O)C(C)(C)C)cc1. The highest BCUT2D eigenvalue weighted by molar-refractivity contribution is 7.12. The average Bonchev–Trinajstić information content (AvgIpc) is 3.16. The second kappa shape index (κ2) is 9.53. The molecule has 6 heteroatoms. The zero-order valence-corrected chi connectivity index (χ0v) is 20.0. The molecule has 0 radical (unpaired) electrons. The first kappa shape index (κ1) is 22.6. The van der Waals surface area contributed by atoms with Gasteiger partial charge in [-0.05, 0) is 24.6 Å². The molecule has 5 nitrogen and oxygen atoms in total. The monoisotopic (exact) mass is 449 g/mol. The van der Waals surface area contributed by atoms with E-state index in [0.29, 0.717) is 6.61 Å². The molecule has 32 heavy (non-hydrogen) atoms. The van der Waals surface area contributed by atoms with Crippen LogP contribution in [-0.4, -0.2) is 35.5 Å². The predicted molar refractivity (Wildman–Crippen MR) is 131 cm³/mol. The van der Waals surface area contributed by atoms with Gasteiger partial charge in [-0.15, -0.1) is 11.3 Å². The molecule has 1 fully saturated rings. The van der Waals surface area contributed by atoms with Gasteiger partial charge in [0.05, 0.1) is 12.3 Å². The minimum Gasteiger partial charge on any atom is -0.368 e. The number of carbonyl (C=O) groups is 1. The van der Waals surface area contributed by atoms with Crippen LogP contribution in [0.2, 0.25) is 0 Å². The number of hydrogen-bond donors (Lipinski definition) is 1. The molecule has 168 valence electrons. The Labute approximate surface area is 194 Å². The van der Waals surface area contributed by atoms with E-state index in [4.69, 9.17) is 9.72 Å². The van der Waals surface area contributed by atoms with E-state index in [2.05, 4.69) is 47.5 Å². The molecule has 2 heterocycles. The Morgan fingerprint density at radius 2 is 1.88 bits per heavy atom. The van der Waals surface area contributed by atoms with Gasteiger partial charge in [-0.3, -0.25) is 9.69 Å². The Morgan fingerprint density at radius 1 is 1.16 bits per heavy atom. The highest BCUT2D eigenvalue weighted by Gasteiger charge is 2.26. The van der Waals surface area contributed by atoms with Gasteiger partial charge in [-0.25, -0.2) is 4.98 Å². The number of amides is 1. The summed E-state index contributed by atoms with van der Waals surface area (Å²) in [5, 5.41) is 4.00. The molecule has 0 bridgehead atoms. The number of nitrogens with zero attached hydrogens (tertiary/aromatic N) is 2. The lowest BCUT2D eigenvalue weighted by Crippen LogP contribution is -2.37. The van der Waals surface area contributed by atoms with E-state index in [9.17, 15) is 4.79 Å². The van der Waals surface area contributed by atoms with Gasteiger partial charge in [0.1, 0.15) is 11.1 Å². The minimum atomic E-state index is -0.423. The topological polar surface area (TPSA) is 54.5 Å². The Hall–Kier alpha value is -2.54. The summed E-state index contributed by atoms with van der Waals surface area (Å²) in [5.74, 6) is 0.00637. The number of anilines is 1. The smallest absolute Gasteiger partial charge is 0.229 e. The second-order valence-corrected chi connectivity index (χ2v) is 10.6. The van der Waals surface area contributed by atoms with Gasteiger partial charge in [0.2, 0.25) is 5.91 Å². The lowest BCUT2D eigenvalue weighted by atomic mass is 9.95. The lowest BCUT2D eigenvalue weighted by molar-refractivity contribution is -0.123. The van der Waals surface area contributed by atoms with Crippen LogP contribution in [0.1, 0.15) is 42.3 Å². The van der Waals surface area contributed by atoms with Crippen LogP contribution < -0.4 is 5.32 Å². The van der Waals surface area contributed by atoms with Crippen LogP contribution in [-0.2, 0) is 16.1 Å². The maximum atomic E-state index is 12.2. The fourth-order valence-electron chi connectivity index (χ4n) is 3.69. The van der Waals surface area contributed by atoms with Crippen LogP contribution in [0.15, 0.2) is 54.6 Å². The van der Waals surface area contributed by atoms with Crippen molar-refractivity contribution < 1.29 is 9.53 Å². The third-order valence-electron chi connectivity index (χ3n) is 5.59. The van der Waals surface area contributed by atoms with E-state index in [1.54, 1.807) is 11.3 Å². The molecular weight excluding hydrogens is 418 g/mol. The average molecular weight is 450 g/mol. The van der Waals surface area contributed by atoms with Gasteiger partial charge in [-0.1, -0.05) is 63.2 Å². The largest absolute Gasteiger partial charge is 0.368 e. The summed E-state index contributed by atoms with van der Waals surface area (Å²) in [5.41, 5.74) is 3.74. The summed E-state index contributed by atoms with van der Waals surface area (Å²) in [4.78, 5) is 20.8. The summed E-state index contributed by atoms with van der Waals surface area (Å²) < 4.78 is 6.09. The standard InChI is InChI=1S/C26H31N3O2S/c1-18-23(20-10-12-21(13-11-20)27-25(30)26(2,3)4)28-24(32-18)22-17-29(14-15-31-22)16-19-8-6-5-7-9-19/h5-13,22H,14-17H2,1-4H3,(H,27,30). The number of aryl methyl sites for hydroxylation is 1. The Morgan fingerprint density at radius 3 is 2.56 bits per heavy atom. The highest BCUT2D eigenvalue weighted by atomic mass is 32.1. The Kier molecular flexibility index (Phi) is 6.74. The van der Waals surface area contributed by atoms with Gasteiger partial charge in [0.25, 0.3) is 0 Å². The van der Waals surface area contributed by atoms with Crippen LogP contribution >= 0.6 is 11.3 Å². The lowest BCUT2D eigenvalue weighted by Gasteiger charge is -2.32. The number of thiazole rings is 1. The molecule has 0 aliphatic carbocycles. The van der Waals surface area contributed by atoms with Crippen molar-refractivity contribution in [1.82, 2.24) is 9.88 Å². The highest BCUT2D eigenvalue weighted by Crippen LogP contribution is 2.34. The molecule has 1 aromatic heterocycles. The van der Waals surface area contributed by atoms with E-state index in [1.807, 2.05) is 45.0 Å². The first-order valence-corrected chi connectivity index (χ1v) is 11.9. The van der Waals surface area contributed by atoms with Gasteiger partial charge >= 0.3 is 0 Å². The normalized spacial score (nSPS) is 17.3. The molecule has 1 unspecified atom stereocenters. The van der Waals surface area contributed by atoms with Gasteiger partial charge in [-0.2, -0.15) is 0 Å². The van der Waals surface area contributed by atoms with Crippen LogP contribution in [0, 0.1) is 12.3 Å². The van der Waals surface area contributed by atoms with Crippen LogP contribution in [0.25, 0.3) is 11.3 Å². The van der Waals surface area contributed by atoms with Crippen molar-refractivity contribution in [3.05, 3.63) is 70.0 Å². The summed E-state index contributed by atoms with van der Waals surface area (Å²) in [6.45, 7) is 11.3.